The van der Waals surface area contributed by atoms with Crippen LogP contribution in [0, 0.1) is 5.92 Å². The summed E-state index contributed by atoms with van der Waals surface area (Å²) in [4.78, 5) is 1.42. The van der Waals surface area contributed by atoms with Crippen molar-refractivity contribution in [2.24, 2.45) is 5.92 Å². The molecule has 100 valence electrons. The number of benzene rings is 1. The smallest absolute Gasteiger partial charge is 0.0291 e. The van der Waals surface area contributed by atoms with Gasteiger partial charge in [-0.05, 0) is 56.3 Å². The van der Waals surface area contributed by atoms with E-state index in [-0.39, 0.29) is 0 Å². The number of thioether (sulfide) groups is 1. The van der Waals surface area contributed by atoms with Crippen LogP contribution < -0.4 is 5.32 Å². The summed E-state index contributed by atoms with van der Waals surface area (Å²) in [6, 6.07) is 9.58. The molecule has 1 saturated carbocycles. The number of hydrogen-bond acceptors (Lipinski definition) is 2. The monoisotopic (exact) mass is 263 g/mol. The molecule has 1 fully saturated rings. The molecule has 1 nitrogen and oxygen atoms in total. The zero-order valence-corrected chi connectivity index (χ0v) is 12.4. The summed E-state index contributed by atoms with van der Waals surface area (Å²) in [5.74, 6) is 2.29. The fourth-order valence-electron chi connectivity index (χ4n) is 2.20. The normalized spacial score (nSPS) is 17.4. The molecule has 0 heterocycles. The Morgan fingerprint density at radius 2 is 2.00 bits per heavy atom. The molecule has 0 aromatic heterocycles. The van der Waals surface area contributed by atoms with Crippen LogP contribution in [0.3, 0.4) is 0 Å². The second-order valence-electron chi connectivity index (χ2n) is 5.35. The highest BCUT2D eigenvalue weighted by atomic mass is 32.2. The number of hydrogen-bond donors (Lipinski definition) is 1. The minimum absolute atomic E-state index is 0.468. The Bertz CT molecular complexity index is 343. The standard InChI is InChI=1S/C16H25NS/c1-3-11-17-13(2)15-7-9-16(10-8-15)18-12-14-5-4-6-14/h7-10,13-14,17H,3-6,11-12H2,1-2H3. The third-order valence-electron chi connectivity index (χ3n) is 3.79. The van der Waals surface area contributed by atoms with Gasteiger partial charge in [-0.25, -0.2) is 0 Å². The van der Waals surface area contributed by atoms with Crippen molar-refractivity contribution < 1.29 is 0 Å². The van der Waals surface area contributed by atoms with Crippen molar-refractivity contribution in [3.05, 3.63) is 29.8 Å². The van der Waals surface area contributed by atoms with Crippen molar-refractivity contribution >= 4 is 11.8 Å². The Labute approximate surface area is 116 Å². The van der Waals surface area contributed by atoms with Gasteiger partial charge in [0, 0.05) is 16.7 Å². The first-order chi connectivity index (χ1) is 8.79. The Kier molecular flexibility index (Phi) is 5.58. The third-order valence-corrected chi connectivity index (χ3v) is 5.03. The van der Waals surface area contributed by atoms with Gasteiger partial charge in [-0.3, -0.25) is 0 Å². The van der Waals surface area contributed by atoms with Gasteiger partial charge in [0.1, 0.15) is 0 Å². The van der Waals surface area contributed by atoms with Crippen LogP contribution in [0.2, 0.25) is 0 Å². The first-order valence-electron chi connectivity index (χ1n) is 7.25. The fraction of sp³-hybridized carbons (Fsp3) is 0.625. The van der Waals surface area contributed by atoms with E-state index < -0.39 is 0 Å². The Morgan fingerprint density at radius 1 is 1.28 bits per heavy atom. The van der Waals surface area contributed by atoms with Gasteiger partial charge in [0.05, 0.1) is 0 Å². The maximum Gasteiger partial charge on any atom is 0.0291 e. The molecule has 1 aliphatic rings. The molecule has 1 unspecified atom stereocenters. The summed E-state index contributed by atoms with van der Waals surface area (Å²) < 4.78 is 0. The van der Waals surface area contributed by atoms with Gasteiger partial charge in [0.2, 0.25) is 0 Å². The number of nitrogens with one attached hydrogen (secondary N) is 1. The van der Waals surface area contributed by atoms with Crippen LogP contribution in [0.5, 0.6) is 0 Å². The van der Waals surface area contributed by atoms with Gasteiger partial charge < -0.3 is 5.32 Å². The van der Waals surface area contributed by atoms with Crippen molar-refractivity contribution in [1.82, 2.24) is 5.32 Å². The molecule has 1 aromatic carbocycles. The first kappa shape index (κ1) is 14.0. The molecular formula is C16H25NS. The van der Waals surface area contributed by atoms with Crippen molar-refractivity contribution in [3.63, 3.8) is 0 Å². The van der Waals surface area contributed by atoms with Gasteiger partial charge >= 0.3 is 0 Å². The fourth-order valence-corrected chi connectivity index (χ4v) is 3.29. The lowest BCUT2D eigenvalue weighted by Gasteiger charge is -2.24. The quantitative estimate of drug-likeness (QED) is 0.719. The maximum absolute atomic E-state index is 3.53. The van der Waals surface area contributed by atoms with Crippen molar-refractivity contribution in [1.29, 1.82) is 0 Å². The van der Waals surface area contributed by atoms with Gasteiger partial charge in [-0.1, -0.05) is 25.5 Å². The van der Waals surface area contributed by atoms with Crippen LogP contribution in [0.15, 0.2) is 29.2 Å². The molecule has 0 spiro atoms. The van der Waals surface area contributed by atoms with E-state index in [0.29, 0.717) is 6.04 Å². The topological polar surface area (TPSA) is 12.0 Å². The molecule has 1 atom stereocenters. The molecule has 1 N–H and O–H groups in total. The summed E-state index contributed by atoms with van der Waals surface area (Å²) >= 11 is 2.02. The van der Waals surface area contributed by atoms with E-state index in [0.717, 1.165) is 12.5 Å². The molecule has 0 aliphatic heterocycles. The van der Waals surface area contributed by atoms with Gasteiger partial charge in [-0.2, -0.15) is 0 Å². The van der Waals surface area contributed by atoms with E-state index in [2.05, 4.69) is 43.4 Å². The molecular weight excluding hydrogens is 238 g/mol. The Balaban J connectivity index is 1.80. The van der Waals surface area contributed by atoms with Gasteiger partial charge in [0.25, 0.3) is 0 Å². The van der Waals surface area contributed by atoms with Crippen LogP contribution in [-0.2, 0) is 0 Å². The average Bonchev–Trinajstić information content (AvgIpc) is 2.35. The maximum atomic E-state index is 3.53. The first-order valence-corrected chi connectivity index (χ1v) is 8.24. The highest BCUT2D eigenvalue weighted by Gasteiger charge is 2.17. The second kappa shape index (κ2) is 7.20. The molecule has 0 amide bonds. The summed E-state index contributed by atoms with van der Waals surface area (Å²) in [7, 11) is 0. The summed E-state index contributed by atoms with van der Waals surface area (Å²) in [5.41, 5.74) is 1.40. The van der Waals surface area contributed by atoms with Crippen LogP contribution in [-0.4, -0.2) is 12.3 Å². The third kappa shape index (κ3) is 4.03. The predicted molar refractivity (Wildman–Crippen MR) is 81.2 cm³/mol. The molecule has 18 heavy (non-hydrogen) atoms. The molecule has 0 radical (unpaired) electrons. The van der Waals surface area contributed by atoms with Crippen LogP contribution >= 0.6 is 11.8 Å². The van der Waals surface area contributed by atoms with Crippen LogP contribution in [0.1, 0.15) is 51.1 Å². The lowest BCUT2D eigenvalue weighted by atomic mass is 9.87. The van der Waals surface area contributed by atoms with E-state index in [9.17, 15) is 0 Å². The van der Waals surface area contributed by atoms with Gasteiger partial charge in [-0.15, -0.1) is 11.8 Å². The van der Waals surface area contributed by atoms with Crippen molar-refractivity contribution in [2.75, 3.05) is 12.3 Å². The second-order valence-corrected chi connectivity index (χ2v) is 6.45. The largest absolute Gasteiger partial charge is 0.310 e. The van der Waals surface area contributed by atoms with Gasteiger partial charge in [0.15, 0.2) is 0 Å². The SMILES string of the molecule is CCCNC(C)c1ccc(SCC2CCC2)cc1. The predicted octanol–water partition coefficient (Wildman–Crippen LogP) is 4.64. The lowest BCUT2D eigenvalue weighted by molar-refractivity contribution is 0.353. The molecule has 2 rings (SSSR count). The van der Waals surface area contributed by atoms with Crippen molar-refractivity contribution in [3.8, 4) is 0 Å². The van der Waals surface area contributed by atoms with E-state index in [1.54, 1.807) is 0 Å². The van der Waals surface area contributed by atoms with E-state index in [1.165, 1.54) is 41.9 Å². The lowest BCUT2D eigenvalue weighted by Crippen LogP contribution is -2.19. The van der Waals surface area contributed by atoms with E-state index in [4.69, 9.17) is 0 Å². The van der Waals surface area contributed by atoms with Crippen LogP contribution in [0.25, 0.3) is 0 Å². The number of rotatable bonds is 7. The zero-order chi connectivity index (χ0) is 12.8. The summed E-state index contributed by atoms with van der Waals surface area (Å²) in [5, 5.41) is 3.53. The zero-order valence-electron chi connectivity index (χ0n) is 11.6. The molecule has 2 heteroatoms. The Morgan fingerprint density at radius 3 is 2.56 bits per heavy atom. The summed E-state index contributed by atoms with van der Waals surface area (Å²) in [6.07, 6.45) is 5.54. The van der Waals surface area contributed by atoms with E-state index in [1.807, 2.05) is 11.8 Å². The van der Waals surface area contributed by atoms with E-state index >= 15 is 0 Å². The van der Waals surface area contributed by atoms with Crippen molar-refractivity contribution in [2.45, 2.75) is 50.5 Å². The minimum Gasteiger partial charge on any atom is -0.310 e. The minimum atomic E-state index is 0.468. The average molecular weight is 263 g/mol. The molecule has 0 bridgehead atoms. The molecule has 0 saturated heterocycles. The molecule has 1 aromatic rings. The molecule has 1 aliphatic carbocycles. The Hall–Kier alpha value is -0.470. The van der Waals surface area contributed by atoms with Crippen LogP contribution in [0.4, 0.5) is 0 Å². The summed E-state index contributed by atoms with van der Waals surface area (Å²) in [6.45, 7) is 5.55. The highest BCUT2D eigenvalue weighted by molar-refractivity contribution is 7.99. The highest BCUT2D eigenvalue weighted by Crippen LogP contribution is 2.32.